The van der Waals surface area contributed by atoms with Gasteiger partial charge in [0.1, 0.15) is 11.5 Å². The number of benzene rings is 2. The van der Waals surface area contributed by atoms with Crippen molar-refractivity contribution in [1.82, 2.24) is 0 Å². The third-order valence-corrected chi connectivity index (χ3v) is 7.47. The van der Waals surface area contributed by atoms with E-state index in [2.05, 4.69) is 31.3 Å². The minimum absolute atomic E-state index is 0.0112. The Morgan fingerprint density at radius 2 is 1.69 bits per heavy atom. The first-order chi connectivity index (χ1) is 12.4. The van der Waals surface area contributed by atoms with E-state index in [0.29, 0.717) is 19.8 Å². The number of rotatable bonds is 6. The summed E-state index contributed by atoms with van der Waals surface area (Å²) in [5.41, 5.74) is 2.02. The lowest BCUT2D eigenvalue weighted by Crippen LogP contribution is -2.31. The SMILES string of the molecule is CCOc1ccc(N[C@@H](c2ccccc2)P2(=S)OCC(C)(C)CO2)cc1. The second-order valence-corrected chi connectivity index (χ2v) is 10.8. The summed E-state index contributed by atoms with van der Waals surface area (Å²) in [6, 6.07) is 18.0. The van der Waals surface area contributed by atoms with Crippen molar-refractivity contribution in [2.45, 2.75) is 26.6 Å². The average molecular weight is 391 g/mol. The molecule has 0 spiro atoms. The molecule has 1 N–H and O–H groups in total. The van der Waals surface area contributed by atoms with Crippen molar-refractivity contribution >= 4 is 24.0 Å². The van der Waals surface area contributed by atoms with Crippen LogP contribution in [0.4, 0.5) is 5.69 Å². The van der Waals surface area contributed by atoms with Crippen molar-refractivity contribution in [1.29, 1.82) is 0 Å². The molecule has 0 unspecified atom stereocenters. The fraction of sp³-hybridized carbons (Fsp3) is 0.400. The minimum atomic E-state index is -2.52. The molecule has 0 aromatic heterocycles. The molecule has 1 heterocycles. The molecule has 1 aliphatic rings. The van der Waals surface area contributed by atoms with Gasteiger partial charge in [-0.25, -0.2) is 0 Å². The van der Waals surface area contributed by atoms with E-state index in [1.54, 1.807) is 0 Å². The van der Waals surface area contributed by atoms with Crippen LogP contribution in [0.5, 0.6) is 5.75 Å². The van der Waals surface area contributed by atoms with Crippen molar-refractivity contribution in [3.05, 3.63) is 60.2 Å². The molecule has 1 fully saturated rings. The maximum Gasteiger partial charge on any atom is 0.215 e. The smallest absolute Gasteiger partial charge is 0.215 e. The standard InChI is InChI=1S/C20H26NO3PS/c1-4-22-18-12-10-17(11-13-18)21-19(16-8-6-5-7-9-16)25(26)23-14-20(2,3)15-24-25/h5-13,19,21H,4,14-15H2,1-3H3/t19-/m1/s1. The summed E-state index contributed by atoms with van der Waals surface area (Å²) >= 11 is 5.91. The van der Waals surface area contributed by atoms with Crippen molar-refractivity contribution in [2.75, 3.05) is 25.1 Å². The zero-order chi connectivity index (χ0) is 18.6. The van der Waals surface area contributed by atoms with E-state index in [9.17, 15) is 0 Å². The number of anilines is 1. The molecule has 0 saturated carbocycles. The summed E-state index contributed by atoms with van der Waals surface area (Å²) in [7, 11) is 0. The Morgan fingerprint density at radius 1 is 1.08 bits per heavy atom. The van der Waals surface area contributed by atoms with Gasteiger partial charge < -0.3 is 19.1 Å². The molecule has 4 nitrogen and oxygen atoms in total. The highest BCUT2D eigenvalue weighted by Gasteiger charge is 2.39. The van der Waals surface area contributed by atoms with E-state index in [-0.39, 0.29) is 11.2 Å². The highest BCUT2D eigenvalue weighted by Crippen LogP contribution is 2.64. The Balaban J connectivity index is 1.86. The van der Waals surface area contributed by atoms with Crippen molar-refractivity contribution in [3.8, 4) is 5.75 Å². The van der Waals surface area contributed by atoms with Gasteiger partial charge in [-0.05, 0) is 48.6 Å². The van der Waals surface area contributed by atoms with Gasteiger partial charge in [0.25, 0.3) is 0 Å². The summed E-state index contributed by atoms with van der Waals surface area (Å²) in [6.07, 6.45) is 0. The highest BCUT2D eigenvalue weighted by molar-refractivity contribution is 8.10. The highest BCUT2D eigenvalue weighted by atomic mass is 32.5. The molecule has 6 heteroatoms. The van der Waals surface area contributed by atoms with Crippen LogP contribution in [-0.2, 0) is 20.9 Å². The topological polar surface area (TPSA) is 39.7 Å². The second-order valence-electron chi connectivity index (χ2n) is 7.17. The first kappa shape index (κ1) is 19.4. The van der Waals surface area contributed by atoms with Crippen molar-refractivity contribution in [3.63, 3.8) is 0 Å². The molecule has 1 atom stereocenters. The van der Waals surface area contributed by atoms with Crippen LogP contribution in [0.3, 0.4) is 0 Å². The van der Waals surface area contributed by atoms with Gasteiger partial charge in [0.05, 0.1) is 19.8 Å². The Morgan fingerprint density at radius 3 is 2.27 bits per heavy atom. The van der Waals surface area contributed by atoms with Gasteiger partial charge in [-0.2, -0.15) is 0 Å². The molecule has 1 saturated heterocycles. The van der Waals surface area contributed by atoms with Crippen LogP contribution in [0.25, 0.3) is 0 Å². The maximum absolute atomic E-state index is 6.15. The van der Waals surface area contributed by atoms with Gasteiger partial charge in [-0.15, -0.1) is 0 Å². The second kappa shape index (κ2) is 8.10. The zero-order valence-corrected chi connectivity index (χ0v) is 17.2. The summed E-state index contributed by atoms with van der Waals surface area (Å²) in [5.74, 6) is 0.650. The molecule has 26 heavy (non-hydrogen) atoms. The first-order valence-corrected chi connectivity index (χ1v) is 11.6. The number of hydrogen-bond donors (Lipinski definition) is 1. The van der Waals surface area contributed by atoms with Gasteiger partial charge >= 0.3 is 0 Å². The largest absolute Gasteiger partial charge is 0.494 e. The van der Waals surface area contributed by atoms with Crippen molar-refractivity contribution < 1.29 is 13.8 Å². The van der Waals surface area contributed by atoms with E-state index in [0.717, 1.165) is 17.0 Å². The van der Waals surface area contributed by atoms with E-state index in [4.69, 9.17) is 25.6 Å². The summed E-state index contributed by atoms with van der Waals surface area (Å²) < 4.78 is 17.8. The van der Waals surface area contributed by atoms with E-state index in [1.165, 1.54) is 0 Å². The van der Waals surface area contributed by atoms with Gasteiger partial charge in [-0.1, -0.05) is 44.2 Å². The molecule has 0 amide bonds. The quantitative estimate of drug-likeness (QED) is 0.651. The third-order valence-electron chi connectivity index (χ3n) is 4.17. The summed E-state index contributed by atoms with van der Waals surface area (Å²) in [5, 5.41) is 3.54. The Hall–Kier alpha value is -1.39. The number of hydrogen-bond acceptors (Lipinski definition) is 5. The number of nitrogens with one attached hydrogen (secondary N) is 1. The normalized spacial score (nSPS) is 19.5. The van der Waals surface area contributed by atoms with Crippen LogP contribution in [0.15, 0.2) is 54.6 Å². The zero-order valence-electron chi connectivity index (χ0n) is 15.5. The molecular weight excluding hydrogens is 365 g/mol. The Labute approximate surface area is 161 Å². The predicted molar refractivity (Wildman–Crippen MR) is 110 cm³/mol. The van der Waals surface area contributed by atoms with Crippen LogP contribution >= 0.6 is 6.49 Å². The summed E-state index contributed by atoms with van der Waals surface area (Å²) in [6.45, 7) is 5.58. The lowest BCUT2D eigenvalue weighted by molar-refractivity contribution is 0.0579. The summed E-state index contributed by atoms with van der Waals surface area (Å²) in [4.78, 5) is 0. The van der Waals surface area contributed by atoms with Crippen LogP contribution in [-0.4, -0.2) is 19.8 Å². The lowest BCUT2D eigenvalue weighted by Gasteiger charge is -2.40. The Kier molecular flexibility index (Phi) is 6.03. The monoisotopic (exact) mass is 391 g/mol. The molecule has 1 aliphatic heterocycles. The van der Waals surface area contributed by atoms with Crippen LogP contribution < -0.4 is 10.1 Å². The van der Waals surface area contributed by atoms with Gasteiger partial charge in [-0.3, -0.25) is 0 Å². The van der Waals surface area contributed by atoms with Crippen LogP contribution in [0, 0.1) is 5.41 Å². The van der Waals surface area contributed by atoms with Gasteiger partial charge in [0.15, 0.2) is 0 Å². The third kappa shape index (κ3) is 4.66. The molecule has 0 aliphatic carbocycles. The molecule has 140 valence electrons. The molecule has 2 aromatic rings. The van der Waals surface area contributed by atoms with E-state index < -0.39 is 6.49 Å². The van der Waals surface area contributed by atoms with E-state index >= 15 is 0 Å². The van der Waals surface area contributed by atoms with Crippen LogP contribution in [0.2, 0.25) is 0 Å². The molecule has 3 rings (SSSR count). The maximum atomic E-state index is 6.15. The molecule has 0 radical (unpaired) electrons. The number of ether oxygens (including phenoxy) is 1. The van der Waals surface area contributed by atoms with E-state index in [1.807, 2.05) is 49.4 Å². The fourth-order valence-corrected chi connectivity index (χ4v) is 5.83. The first-order valence-electron chi connectivity index (χ1n) is 8.85. The average Bonchev–Trinajstić information content (AvgIpc) is 2.65. The molecule has 2 aromatic carbocycles. The Bertz CT molecular complexity index is 750. The van der Waals surface area contributed by atoms with Gasteiger partial charge in [0, 0.05) is 11.1 Å². The molecular formula is C20H26NO3PS. The predicted octanol–water partition coefficient (Wildman–Crippen LogP) is 5.58. The molecule has 0 bridgehead atoms. The van der Waals surface area contributed by atoms with Gasteiger partial charge in [0.2, 0.25) is 6.49 Å². The fourth-order valence-electron chi connectivity index (χ4n) is 2.71. The lowest BCUT2D eigenvalue weighted by atomic mass is 9.97. The van der Waals surface area contributed by atoms with Crippen LogP contribution in [0.1, 0.15) is 32.1 Å². The van der Waals surface area contributed by atoms with Crippen molar-refractivity contribution in [2.24, 2.45) is 5.41 Å². The minimum Gasteiger partial charge on any atom is -0.494 e.